The molecule has 0 heterocycles. The molecular formula is C30H48O4. The molecule has 4 nitrogen and oxygen atoms in total. The number of aliphatic hydroxyl groups excluding tert-OH is 1. The molecule has 0 bridgehead atoms. The van der Waals surface area contributed by atoms with E-state index in [1.165, 1.54) is 18.4 Å². The monoisotopic (exact) mass is 472 g/mol. The third-order valence-corrected chi connectivity index (χ3v) is 13.3. The van der Waals surface area contributed by atoms with Gasteiger partial charge in [-0.2, -0.15) is 0 Å². The first-order chi connectivity index (χ1) is 15.7. The fourth-order valence-electron chi connectivity index (χ4n) is 10.6. The maximum absolute atomic E-state index is 12.8. The first-order valence-corrected chi connectivity index (χ1v) is 13.9. The van der Waals surface area contributed by atoms with E-state index >= 15 is 0 Å². The second-order valence-electron chi connectivity index (χ2n) is 14.5. The van der Waals surface area contributed by atoms with Crippen molar-refractivity contribution in [1.29, 1.82) is 0 Å². The summed E-state index contributed by atoms with van der Waals surface area (Å²) >= 11 is 0. The van der Waals surface area contributed by atoms with Gasteiger partial charge in [-0.3, -0.25) is 4.79 Å². The second kappa shape index (κ2) is 7.34. The maximum Gasteiger partial charge on any atom is 0.310 e. The van der Waals surface area contributed by atoms with Crippen LogP contribution in [0.3, 0.4) is 0 Å². The number of carboxylic acids is 1. The molecule has 9 unspecified atom stereocenters. The lowest BCUT2D eigenvalue weighted by Crippen LogP contribution is -2.65. The standard InChI is InChI=1S/C30H48O4/c1-25(2)21-10-13-29(6)22(27(21,4)12-11-23(25)31)9-8-19-20-18-26(3,34-7)14-16-30(20,24(32)33)17-15-28(19,29)5/h8,20-23,31H,9-18H2,1-7H3,(H,32,33). The zero-order valence-electron chi connectivity index (χ0n) is 22.7. The highest BCUT2D eigenvalue weighted by atomic mass is 16.5. The molecule has 192 valence electrons. The number of rotatable bonds is 2. The zero-order valence-corrected chi connectivity index (χ0v) is 22.7. The van der Waals surface area contributed by atoms with Crippen LogP contribution in [0.1, 0.15) is 106 Å². The average Bonchev–Trinajstić information content (AvgIpc) is 2.77. The molecule has 0 aromatic rings. The van der Waals surface area contributed by atoms with Crippen LogP contribution in [-0.4, -0.2) is 35.0 Å². The Balaban J connectivity index is 1.60. The molecule has 0 amide bonds. The lowest BCUT2D eigenvalue weighted by atomic mass is 9.33. The first kappa shape index (κ1) is 24.8. The van der Waals surface area contributed by atoms with E-state index < -0.39 is 11.4 Å². The van der Waals surface area contributed by atoms with Crippen LogP contribution in [0.2, 0.25) is 0 Å². The summed E-state index contributed by atoms with van der Waals surface area (Å²) in [7, 11) is 1.80. The number of carboxylic acid groups (broad SMARTS) is 1. The van der Waals surface area contributed by atoms with Crippen LogP contribution in [0, 0.1) is 44.8 Å². The summed E-state index contributed by atoms with van der Waals surface area (Å²) in [5.41, 5.74) is 0.925. The first-order valence-electron chi connectivity index (χ1n) is 13.9. The quantitative estimate of drug-likeness (QED) is 0.444. The van der Waals surface area contributed by atoms with E-state index in [2.05, 4.69) is 47.6 Å². The minimum atomic E-state index is -0.634. The molecule has 4 saturated carbocycles. The van der Waals surface area contributed by atoms with Crippen LogP contribution >= 0.6 is 0 Å². The molecule has 0 aromatic carbocycles. The summed E-state index contributed by atoms with van der Waals surface area (Å²) in [5, 5.41) is 21.4. The Bertz CT molecular complexity index is 907. The lowest BCUT2D eigenvalue weighted by Gasteiger charge is -2.71. The number of ether oxygens (including phenoxy) is 1. The van der Waals surface area contributed by atoms with Crippen LogP contribution < -0.4 is 0 Å². The number of aliphatic hydroxyl groups is 1. The van der Waals surface area contributed by atoms with Crippen molar-refractivity contribution in [3.8, 4) is 0 Å². The van der Waals surface area contributed by atoms with Gasteiger partial charge in [0.1, 0.15) is 0 Å². The van der Waals surface area contributed by atoms with Gasteiger partial charge >= 0.3 is 5.97 Å². The fourth-order valence-corrected chi connectivity index (χ4v) is 10.6. The van der Waals surface area contributed by atoms with E-state index in [-0.39, 0.29) is 39.3 Å². The molecule has 4 heteroatoms. The molecular weight excluding hydrogens is 424 g/mol. The summed E-state index contributed by atoms with van der Waals surface area (Å²) in [6.07, 6.45) is 11.8. The summed E-state index contributed by atoms with van der Waals surface area (Å²) in [5.74, 6) is 0.586. The number of aliphatic carboxylic acids is 1. The highest BCUT2D eigenvalue weighted by Gasteiger charge is 2.69. The van der Waals surface area contributed by atoms with Crippen molar-refractivity contribution in [2.45, 2.75) is 117 Å². The number of allylic oxidation sites excluding steroid dienone is 2. The van der Waals surface area contributed by atoms with Crippen molar-refractivity contribution >= 4 is 5.97 Å². The Hall–Kier alpha value is -0.870. The van der Waals surface area contributed by atoms with Crippen LogP contribution in [0.5, 0.6) is 0 Å². The van der Waals surface area contributed by atoms with Gasteiger partial charge in [-0.05, 0) is 111 Å². The topological polar surface area (TPSA) is 66.8 Å². The van der Waals surface area contributed by atoms with Gasteiger partial charge in [-0.1, -0.05) is 46.3 Å². The molecule has 0 radical (unpaired) electrons. The molecule has 9 atom stereocenters. The lowest BCUT2D eigenvalue weighted by molar-refractivity contribution is -0.207. The molecule has 0 aliphatic heterocycles. The fraction of sp³-hybridized carbons (Fsp3) is 0.900. The summed E-state index contributed by atoms with van der Waals surface area (Å²) < 4.78 is 5.97. The Morgan fingerprint density at radius 2 is 1.62 bits per heavy atom. The van der Waals surface area contributed by atoms with E-state index in [1.54, 1.807) is 7.11 Å². The van der Waals surface area contributed by atoms with Crippen molar-refractivity contribution in [2.75, 3.05) is 7.11 Å². The molecule has 2 N–H and O–H groups in total. The van der Waals surface area contributed by atoms with Crippen molar-refractivity contribution in [3.05, 3.63) is 11.6 Å². The van der Waals surface area contributed by atoms with Crippen LogP contribution in [-0.2, 0) is 9.53 Å². The molecule has 0 aromatic heterocycles. The van der Waals surface area contributed by atoms with Crippen LogP contribution in [0.15, 0.2) is 11.6 Å². The highest BCUT2D eigenvalue weighted by Crippen LogP contribution is 2.75. The second-order valence-corrected chi connectivity index (χ2v) is 14.5. The van der Waals surface area contributed by atoms with E-state index in [4.69, 9.17) is 4.74 Å². The van der Waals surface area contributed by atoms with Crippen LogP contribution in [0.4, 0.5) is 0 Å². The normalized spacial score (nSPS) is 54.1. The predicted octanol–water partition coefficient (Wildman–Crippen LogP) is 6.61. The molecule has 34 heavy (non-hydrogen) atoms. The Morgan fingerprint density at radius 3 is 2.26 bits per heavy atom. The molecule has 4 fully saturated rings. The molecule has 5 rings (SSSR count). The summed E-state index contributed by atoms with van der Waals surface area (Å²) in [6.45, 7) is 14.3. The van der Waals surface area contributed by atoms with Crippen molar-refractivity contribution < 1.29 is 19.7 Å². The van der Waals surface area contributed by atoms with Gasteiger partial charge in [0.15, 0.2) is 0 Å². The molecule has 5 aliphatic rings. The smallest absolute Gasteiger partial charge is 0.310 e. The van der Waals surface area contributed by atoms with Crippen molar-refractivity contribution in [1.82, 2.24) is 0 Å². The number of methoxy groups -OCH3 is 1. The Labute approximate surface area is 206 Å². The van der Waals surface area contributed by atoms with Gasteiger partial charge in [0, 0.05) is 7.11 Å². The number of hydrogen-bond acceptors (Lipinski definition) is 3. The van der Waals surface area contributed by atoms with E-state index in [1.807, 2.05) is 0 Å². The number of carbonyl (C=O) groups is 1. The van der Waals surface area contributed by atoms with Gasteiger partial charge < -0.3 is 14.9 Å². The minimum absolute atomic E-state index is 0.0275. The number of fused-ring (bicyclic) bond motifs is 7. The number of hydrogen-bond donors (Lipinski definition) is 2. The predicted molar refractivity (Wildman–Crippen MR) is 134 cm³/mol. The van der Waals surface area contributed by atoms with E-state index in [0.29, 0.717) is 11.8 Å². The third-order valence-electron chi connectivity index (χ3n) is 13.3. The summed E-state index contributed by atoms with van der Waals surface area (Å²) in [4.78, 5) is 12.8. The Kier molecular flexibility index (Phi) is 5.36. The van der Waals surface area contributed by atoms with Gasteiger partial charge in [-0.25, -0.2) is 0 Å². The largest absolute Gasteiger partial charge is 0.481 e. The van der Waals surface area contributed by atoms with Gasteiger partial charge in [-0.15, -0.1) is 0 Å². The summed E-state index contributed by atoms with van der Waals surface area (Å²) in [6, 6.07) is 0. The highest BCUT2D eigenvalue weighted by molar-refractivity contribution is 5.76. The maximum atomic E-state index is 12.8. The van der Waals surface area contributed by atoms with Gasteiger partial charge in [0.25, 0.3) is 0 Å². The van der Waals surface area contributed by atoms with E-state index in [0.717, 1.165) is 51.4 Å². The molecule has 0 saturated heterocycles. The average molecular weight is 473 g/mol. The van der Waals surface area contributed by atoms with E-state index in [9.17, 15) is 15.0 Å². The van der Waals surface area contributed by atoms with Gasteiger partial charge in [0.2, 0.25) is 0 Å². The third kappa shape index (κ3) is 2.88. The molecule has 0 spiro atoms. The molecule has 5 aliphatic carbocycles. The zero-order chi connectivity index (χ0) is 24.9. The SMILES string of the molecule is COC1(C)CCC2(C(=O)O)CCC3(C)C(=CCC4C5(C)CCC(O)C(C)(C)C5CCC43C)C2C1. The Morgan fingerprint density at radius 1 is 0.941 bits per heavy atom. The van der Waals surface area contributed by atoms with Crippen molar-refractivity contribution in [2.24, 2.45) is 44.8 Å². The minimum Gasteiger partial charge on any atom is -0.481 e. The van der Waals surface area contributed by atoms with Crippen LogP contribution in [0.25, 0.3) is 0 Å². The van der Waals surface area contributed by atoms with Gasteiger partial charge in [0.05, 0.1) is 17.1 Å². The van der Waals surface area contributed by atoms with Crippen molar-refractivity contribution in [3.63, 3.8) is 0 Å².